The molecule has 1 N–H and O–H groups in total. The zero-order valence-electron chi connectivity index (χ0n) is 13.2. The summed E-state index contributed by atoms with van der Waals surface area (Å²) in [4.78, 5) is 12.4. The van der Waals surface area contributed by atoms with Gasteiger partial charge in [0.2, 0.25) is 0 Å². The number of anilines is 1. The van der Waals surface area contributed by atoms with Crippen LogP contribution in [0.2, 0.25) is 0 Å². The lowest BCUT2D eigenvalue weighted by atomic mass is 10.1. The van der Waals surface area contributed by atoms with Gasteiger partial charge >= 0.3 is 6.61 Å². The van der Waals surface area contributed by atoms with Crippen molar-refractivity contribution in [3.63, 3.8) is 0 Å². The number of para-hydroxylation sites is 1. The molecule has 7 heteroatoms. The number of carbonyl (C=O) groups is 1. The molecular weight excluding hydrogens is 320 g/mol. The molecule has 128 valence electrons. The van der Waals surface area contributed by atoms with E-state index in [1.54, 1.807) is 25.3 Å². The molecule has 0 saturated carbocycles. The topological polar surface area (TPSA) is 56.8 Å². The number of halogens is 2. The van der Waals surface area contributed by atoms with E-state index >= 15 is 0 Å². The number of methoxy groups -OCH3 is 2. The van der Waals surface area contributed by atoms with E-state index in [1.807, 2.05) is 6.07 Å². The Balaban J connectivity index is 2.27. The maximum Gasteiger partial charge on any atom is 0.387 e. The Morgan fingerprint density at radius 1 is 1.17 bits per heavy atom. The molecule has 0 radical (unpaired) electrons. The van der Waals surface area contributed by atoms with E-state index in [4.69, 9.17) is 9.47 Å². The lowest BCUT2D eigenvalue weighted by Crippen LogP contribution is -2.15. The number of ether oxygens (including phenoxy) is 3. The van der Waals surface area contributed by atoms with Crippen LogP contribution in [-0.2, 0) is 11.3 Å². The molecule has 2 rings (SSSR count). The van der Waals surface area contributed by atoms with Crippen LogP contribution in [0.5, 0.6) is 11.5 Å². The first kappa shape index (κ1) is 17.7. The Kier molecular flexibility index (Phi) is 6.08. The minimum absolute atomic E-state index is 0.0493. The van der Waals surface area contributed by atoms with Crippen LogP contribution in [0.1, 0.15) is 15.9 Å². The van der Waals surface area contributed by atoms with Crippen molar-refractivity contribution in [3.05, 3.63) is 53.6 Å². The van der Waals surface area contributed by atoms with Crippen LogP contribution in [-0.4, -0.2) is 26.7 Å². The van der Waals surface area contributed by atoms with Gasteiger partial charge in [-0.15, -0.1) is 0 Å². The summed E-state index contributed by atoms with van der Waals surface area (Å²) in [5, 5.41) is 2.65. The third-order valence-electron chi connectivity index (χ3n) is 3.15. The van der Waals surface area contributed by atoms with E-state index in [2.05, 4.69) is 10.1 Å². The number of hydrogen-bond acceptors (Lipinski definition) is 4. The van der Waals surface area contributed by atoms with Gasteiger partial charge in [0.1, 0.15) is 0 Å². The van der Waals surface area contributed by atoms with E-state index in [-0.39, 0.29) is 17.1 Å². The van der Waals surface area contributed by atoms with Gasteiger partial charge in [-0.3, -0.25) is 4.79 Å². The maximum atomic E-state index is 12.6. The van der Waals surface area contributed by atoms with E-state index in [9.17, 15) is 13.6 Å². The van der Waals surface area contributed by atoms with Crippen molar-refractivity contribution < 1.29 is 27.8 Å². The molecular formula is C17H17F2NO4. The first-order valence-corrected chi connectivity index (χ1v) is 7.06. The van der Waals surface area contributed by atoms with Crippen LogP contribution in [0.3, 0.4) is 0 Å². The molecule has 2 aromatic carbocycles. The number of alkyl halides is 2. The van der Waals surface area contributed by atoms with Gasteiger partial charge in [0.15, 0.2) is 11.5 Å². The fourth-order valence-electron chi connectivity index (χ4n) is 2.17. The van der Waals surface area contributed by atoms with Crippen LogP contribution in [0.25, 0.3) is 0 Å². The summed E-state index contributed by atoms with van der Waals surface area (Å²) in [7, 11) is 2.87. The number of hydrogen-bond donors (Lipinski definition) is 1. The fourth-order valence-corrected chi connectivity index (χ4v) is 2.17. The summed E-state index contributed by atoms with van der Waals surface area (Å²) in [6, 6.07) is 11.4. The molecule has 5 nitrogen and oxygen atoms in total. The van der Waals surface area contributed by atoms with Crippen LogP contribution >= 0.6 is 0 Å². The van der Waals surface area contributed by atoms with Crippen molar-refractivity contribution in [2.45, 2.75) is 13.2 Å². The van der Waals surface area contributed by atoms with Crippen molar-refractivity contribution >= 4 is 11.6 Å². The number of nitrogens with one attached hydrogen (secondary N) is 1. The van der Waals surface area contributed by atoms with Crippen molar-refractivity contribution in [2.24, 2.45) is 0 Å². The molecule has 0 fully saturated rings. The standard InChI is InChI=1S/C17H17F2NO4/c1-22-10-11-5-3-6-12(9-11)20-16(21)13-7-4-8-14(23-2)15(13)24-17(18)19/h3-9,17H,10H2,1-2H3,(H,20,21). The second-order valence-corrected chi connectivity index (χ2v) is 4.80. The van der Waals surface area contributed by atoms with E-state index < -0.39 is 12.5 Å². The minimum atomic E-state index is -3.07. The zero-order valence-corrected chi connectivity index (χ0v) is 13.2. The molecule has 24 heavy (non-hydrogen) atoms. The molecule has 0 aliphatic heterocycles. The highest BCUT2D eigenvalue weighted by Gasteiger charge is 2.20. The molecule has 0 bridgehead atoms. The fraction of sp³-hybridized carbons (Fsp3) is 0.235. The molecule has 0 atom stereocenters. The number of benzene rings is 2. The van der Waals surface area contributed by atoms with Gasteiger partial charge in [-0.2, -0.15) is 8.78 Å². The van der Waals surface area contributed by atoms with Crippen molar-refractivity contribution in [3.8, 4) is 11.5 Å². The molecule has 1 amide bonds. The predicted octanol–water partition coefficient (Wildman–Crippen LogP) is 3.70. The molecule has 0 spiro atoms. The summed E-state index contributed by atoms with van der Waals surface area (Å²) >= 11 is 0. The summed E-state index contributed by atoms with van der Waals surface area (Å²) in [5.74, 6) is -0.837. The summed E-state index contributed by atoms with van der Waals surface area (Å²) in [6.07, 6.45) is 0. The van der Waals surface area contributed by atoms with E-state index in [0.717, 1.165) is 5.56 Å². The smallest absolute Gasteiger partial charge is 0.387 e. The molecule has 0 unspecified atom stereocenters. The van der Waals surface area contributed by atoms with Crippen LogP contribution in [0, 0.1) is 0 Å². The second kappa shape index (κ2) is 8.26. The normalized spacial score (nSPS) is 10.5. The average molecular weight is 337 g/mol. The van der Waals surface area contributed by atoms with Crippen LogP contribution in [0.15, 0.2) is 42.5 Å². The minimum Gasteiger partial charge on any atom is -0.493 e. The van der Waals surface area contributed by atoms with Crippen molar-refractivity contribution in [2.75, 3.05) is 19.5 Å². The highest BCUT2D eigenvalue weighted by atomic mass is 19.3. The number of carbonyl (C=O) groups excluding carboxylic acids is 1. The number of rotatable bonds is 7. The second-order valence-electron chi connectivity index (χ2n) is 4.80. The lowest BCUT2D eigenvalue weighted by molar-refractivity contribution is -0.0515. The summed E-state index contributed by atoms with van der Waals surface area (Å²) in [6.45, 7) is -2.68. The molecule has 0 aromatic heterocycles. The first-order chi connectivity index (χ1) is 11.5. The molecule has 0 heterocycles. The zero-order chi connectivity index (χ0) is 17.5. The predicted molar refractivity (Wildman–Crippen MR) is 84.7 cm³/mol. The Morgan fingerprint density at radius 3 is 2.58 bits per heavy atom. The van der Waals surface area contributed by atoms with Crippen LogP contribution in [0.4, 0.5) is 14.5 Å². The molecule has 0 saturated heterocycles. The highest BCUT2D eigenvalue weighted by Crippen LogP contribution is 2.33. The van der Waals surface area contributed by atoms with Crippen molar-refractivity contribution in [1.82, 2.24) is 0 Å². The Morgan fingerprint density at radius 2 is 1.92 bits per heavy atom. The SMILES string of the molecule is COCc1cccc(NC(=O)c2cccc(OC)c2OC(F)F)c1. The van der Waals surface area contributed by atoms with E-state index in [1.165, 1.54) is 25.3 Å². The monoisotopic (exact) mass is 337 g/mol. The lowest BCUT2D eigenvalue weighted by Gasteiger charge is -2.14. The van der Waals surface area contributed by atoms with Gasteiger partial charge in [0.05, 0.1) is 19.3 Å². The molecule has 0 aliphatic carbocycles. The Labute approximate surface area is 138 Å². The third kappa shape index (κ3) is 4.42. The van der Waals surface area contributed by atoms with Gasteiger partial charge in [-0.1, -0.05) is 18.2 Å². The average Bonchev–Trinajstić information content (AvgIpc) is 2.55. The number of amides is 1. The van der Waals surface area contributed by atoms with E-state index in [0.29, 0.717) is 12.3 Å². The van der Waals surface area contributed by atoms with Gasteiger partial charge in [-0.25, -0.2) is 0 Å². The Hall–Kier alpha value is -2.67. The van der Waals surface area contributed by atoms with Gasteiger partial charge < -0.3 is 19.5 Å². The Bertz CT molecular complexity index is 707. The van der Waals surface area contributed by atoms with Gasteiger partial charge in [0, 0.05) is 12.8 Å². The first-order valence-electron chi connectivity index (χ1n) is 7.06. The summed E-state index contributed by atoms with van der Waals surface area (Å²) < 4.78 is 39.7. The van der Waals surface area contributed by atoms with Crippen LogP contribution < -0.4 is 14.8 Å². The quantitative estimate of drug-likeness (QED) is 0.837. The highest BCUT2D eigenvalue weighted by molar-refractivity contribution is 6.06. The molecule has 0 aliphatic rings. The largest absolute Gasteiger partial charge is 0.493 e. The van der Waals surface area contributed by atoms with Gasteiger partial charge in [-0.05, 0) is 29.8 Å². The van der Waals surface area contributed by atoms with Crippen molar-refractivity contribution in [1.29, 1.82) is 0 Å². The summed E-state index contributed by atoms with van der Waals surface area (Å²) in [5.41, 5.74) is 1.33. The molecule has 2 aromatic rings. The maximum absolute atomic E-state index is 12.6. The van der Waals surface area contributed by atoms with Gasteiger partial charge in [0.25, 0.3) is 5.91 Å². The third-order valence-corrected chi connectivity index (χ3v) is 3.15.